The molecular weight excluding hydrogens is 318 g/mol. The zero-order valence-electron chi connectivity index (χ0n) is 15.0. The third-order valence-electron chi connectivity index (χ3n) is 5.08. The molecule has 0 radical (unpaired) electrons. The summed E-state index contributed by atoms with van der Waals surface area (Å²) in [6.45, 7) is 4.87. The molecule has 6 heteroatoms. The Balaban J connectivity index is 1.47. The number of likely N-dealkylation sites (N-methyl/N-ethyl adjacent to an activating group) is 1. The lowest BCUT2D eigenvalue weighted by Gasteiger charge is -2.35. The van der Waals surface area contributed by atoms with Gasteiger partial charge in [0.25, 0.3) is 0 Å². The maximum Gasteiger partial charge on any atom is 0.237 e. The minimum Gasteiger partial charge on any atom is -0.490 e. The molecule has 25 heavy (non-hydrogen) atoms. The van der Waals surface area contributed by atoms with E-state index in [4.69, 9.17) is 4.74 Å². The summed E-state index contributed by atoms with van der Waals surface area (Å²) in [7, 11) is 1.90. The number of rotatable bonds is 4. The Kier molecular flexibility index (Phi) is 5.58. The van der Waals surface area contributed by atoms with Crippen molar-refractivity contribution in [3.8, 4) is 5.75 Å². The minimum absolute atomic E-state index is 0.0420. The van der Waals surface area contributed by atoms with Gasteiger partial charge in [-0.25, -0.2) is 0 Å². The van der Waals surface area contributed by atoms with Gasteiger partial charge in [0, 0.05) is 39.0 Å². The van der Waals surface area contributed by atoms with E-state index in [0.29, 0.717) is 19.6 Å². The SMILES string of the molecule is Cc1ccc(OC2CCN(C(=O)C[C@@H]3C(=O)NCCN3C)CC2)cc1. The lowest BCUT2D eigenvalue weighted by molar-refractivity contribution is -0.139. The number of hydrogen-bond donors (Lipinski definition) is 1. The van der Waals surface area contributed by atoms with Gasteiger partial charge >= 0.3 is 0 Å². The Morgan fingerprint density at radius 2 is 1.88 bits per heavy atom. The Bertz CT molecular complexity index is 609. The molecule has 2 fully saturated rings. The summed E-state index contributed by atoms with van der Waals surface area (Å²) in [6, 6.07) is 7.72. The van der Waals surface area contributed by atoms with Crippen LogP contribution in [-0.2, 0) is 9.59 Å². The fourth-order valence-electron chi connectivity index (χ4n) is 3.40. The molecule has 2 heterocycles. The number of aryl methyl sites for hydroxylation is 1. The van der Waals surface area contributed by atoms with Crippen molar-refractivity contribution in [3.63, 3.8) is 0 Å². The predicted molar refractivity (Wildman–Crippen MR) is 95.5 cm³/mol. The molecule has 0 spiro atoms. The van der Waals surface area contributed by atoms with Gasteiger partial charge < -0.3 is 15.0 Å². The van der Waals surface area contributed by atoms with Crippen LogP contribution >= 0.6 is 0 Å². The van der Waals surface area contributed by atoms with Crippen molar-refractivity contribution in [1.82, 2.24) is 15.1 Å². The molecule has 2 amide bonds. The van der Waals surface area contributed by atoms with Crippen LogP contribution in [0.1, 0.15) is 24.8 Å². The van der Waals surface area contributed by atoms with Crippen molar-refractivity contribution >= 4 is 11.8 Å². The van der Waals surface area contributed by atoms with Gasteiger partial charge in [0.1, 0.15) is 11.9 Å². The van der Waals surface area contributed by atoms with E-state index >= 15 is 0 Å². The molecule has 6 nitrogen and oxygen atoms in total. The van der Waals surface area contributed by atoms with E-state index in [9.17, 15) is 9.59 Å². The average molecular weight is 345 g/mol. The number of nitrogens with zero attached hydrogens (tertiary/aromatic N) is 2. The van der Waals surface area contributed by atoms with E-state index in [1.807, 2.05) is 41.1 Å². The molecular formula is C19H27N3O3. The summed E-state index contributed by atoms with van der Waals surface area (Å²) >= 11 is 0. The Labute approximate surface area is 149 Å². The number of carbonyl (C=O) groups is 2. The largest absolute Gasteiger partial charge is 0.490 e. The molecule has 2 aliphatic rings. The fraction of sp³-hybridized carbons (Fsp3) is 0.579. The van der Waals surface area contributed by atoms with E-state index < -0.39 is 0 Å². The highest BCUT2D eigenvalue weighted by Crippen LogP contribution is 2.20. The van der Waals surface area contributed by atoms with Crippen LogP contribution in [0, 0.1) is 6.92 Å². The van der Waals surface area contributed by atoms with E-state index in [1.54, 1.807) is 0 Å². The smallest absolute Gasteiger partial charge is 0.237 e. The minimum atomic E-state index is -0.345. The van der Waals surface area contributed by atoms with Gasteiger partial charge in [0.15, 0.2) is 0 Å². The summed E-state index contributed by atoms with van der Waals surface area (Å²) in [5, 5.41) is 2.84. The van der Waals surface area contributed by atoms with Gasteiger partial charge in [0.05, 0.1) is 12.5 Å². The quantitative estimate of drug-likeness (QED) is 0.890. The number of ether oxygens (including phenoxy) is 1. The number of piperazine rings is 1. The second-order valence-electron chi connectivity index (χ2n) is 7.00. The van der Waals surface area contributed by atoms with Crippen molar-refractivity contribution in [2.24, 2.45) is 0 Å². The first-order valence-corrected chi connectivity index (χ1v) is 9.02. The maximum atomic E-state index is 12.5. The summed E-state index contributed by atoms with van der Waals surface area (Å²) in [6.07, 6.45) is 2.05. The van der Waals surface area contributed by atoms with Gasteiger partial charge in [-0.2, -0.15) is 0 Å². The van der Waals surface area contributed by atoms with Crippen LogP contribution < -0.4 is 10.1 Å². The summed E-state index contributed by atoms with van der Waals surface area (Å²) in [5.74, 6) is 0.901. The summed E-state index contributed by atoms with van der Waals surface area (Å²) < 4.78 is 6.01. The van der Waals surface area contributed by atoms with Crippen LogP contribution in [0.3, 0.4) is 0 Å². The molecule has 0 saturated carbocycles. The fourth-order valence-corrected chi connectivity index (χ4v) is 3.40. The standard InChI is InChI=1S/C19H27N3O3/c1-14-3-5-15(6-4-14)25-16-7-10-22(11-8-16)18(23)13-17-19(24)20-9-12-21(17)2/h3-6,16-17H,7-13H2,1-2H3,(H,20,24)/t17-/m1/s1. The average Bonchev–Trinajstić information content (AvgIpc) is 2.61. The first-order chi connectivity index (χ1) is 12.0. The summed E-state index contributed by atoms with van der Waals surface area (Å²) in [4.78, 5) is 28.3. The zero-order chi connectivity index (χ0) is 17.8. The number of nitrogens with one attached hydrogen (secondary N) is 1. The first kappa shape index (κ1) is 17.7. The Morgan fingerprint density at radius 3 is 2.52 bits per heavy atom. The van der Waals surface area contributed by atoms with Crippen molar-refractivity contribution in [3.05, 3.63) is 29.8 Å². The molecule has 2 saturated heterocycles. The molecule has 1 aromatic carbocycles. The number of piperidine rings is 1. The van der Waals surface area contributed by atoms with Gasteiger partial charge in [-0.1, -0.05) is 17.7 Å². The van der Waals surface area contributed by atoms with Crippen molar-refractivity contribution < 1.29 is 14.3 Å². The molecule has 3 rings (SSSR count). The number of benzene rings is 1. The topological polar surface area (TPSA) is 61.9 Å². The van der Waals surface area contributed by atoms with Crippen molar-refractivity contribution in [1.29, 1.82) is 0 Å². The number of carbonyl (C=O) groups excluding carboxylic acids is 2. The lowest BCUT2D eigenvalue weighted by Crippen LogP contribution is -2.55. The molecule has 0 unspecified atom stereocenters. The molecule has 2 aliphatic heterocycles. The normalized spacial score (nSPS) is 22.6. The van der Waals surface area contributed by atoms with E-state index in [0.717, 1.165) is 25.1 Å². The van der Waals surface area contributed by atoms with E-state index in [2.05, 4.69) is 12.2 Å². The van der Waals surface area contributed by atoms with Crippen LogP contribution in [0.25, 0.3) is 0 Å². The van der Waals surface area contributed by atoms with Crippen LogP contribution in [0.15, 0.2) is 24.3 Å². The maximum absolute atomic E-state index is 12.5. The van der Waals surface area contributed by atoms with E-state index in [1.165, 1.54) is 5.56 Å². The van der Waals surface area contributed by atoms with Gasteiger partial charge in [-0.05, 0) is 26.1 Å². The van der Waals surface area contributed by atoms with Crippen molar-refractivity contribution in [2.45, 2.75) is 38.3 Å². The molecule has 0 bridgehead atoms. The molecule has 1 atom stereocenters. The Hall–Kier alpha value is -2.08. The molecule has 136 valence electrons. The predicted octanol–water partition coefficient (Wildman–Crippen LogP) is 1.19. The van der Waals surface area contributed by atoms with Crippen LogP contribution in [0.4, 0.5) is 0 Å². The highest BCUT2D eigenvalue weighted by Gasteiger charge is 2.32. The number of likely N-dealkylation sites (tertiary alicyclic amines) is 1. The van der Waals surface area contributed by atoms with Gasteiger partial charge in [-0.3, -0.25) is 14.5 Å². The number of hydrogen-bond acceptors (Lipinski definition) is 4. The molecule has 0 aromatic heterocycles. The molecule has 0 aliphatic carbocycles. The highest BCUT2D eigenvalue weighted by atomic mass is 16.5. The molecule has 1 aromatic rings. The van der Waals surface area contributed by atoms with Gasteiger partial charge in [-0.15, -0.1) is 0 Å². The van der Waals surface area contributed by atoms with Crippen LogP contribution in [0.2, 0.25) is 0 Å². The third kappa shape index (κ3) is 4.51. The molecule has 1 N–H and O–H groups in total. The highest BCUT2D eigenvalue weighted by molar-refractivity contribution is 5.88. The monoisotopic (exact) mass is 345 g/mol. The lowest BCUT2D eigenvalue weighted by atomic mass is 10.0. The van der Waals surface area contributed by atoms with Crippen LogP contribution in [0.5, 0.6) is 5.75 Å². The third-order valence-corrected chi connectivity index (χ3v) is 5.08. The Morgan fingerprint density at radius 1 is 1.20 bits per heavy atom. The second-order valence-corrected chi connectivity index (χ2v) is 7.00. The zero-order valence-corrected chi connectivity index (χ0v) is 15.0. The first-order valence-electron chi connectivity index (χ1n) is 9.02. The van der Waals surface area contributed by atoms with E-state index in [-0.39, 0.29) is 30.4 Å². The van der Waals surface area contributed by atoms with Gasteiger partial charge in [0.2, 0.25) is 11.8 Å². The van der Waals surface area contributed by atoms with Crippen LogP contribution in [-0.4, -0.2) is 67.0 Å². The second kappa shape index (κ2) is 7.87. The summed E-state index contributed by atoms with van der Waals surface area (Å²) in [5.41, 5.74) is 1.21. The number of amides is 2. The van der Waals surface area contributed by atoms with Crippen molar-refractivity contribution in [2.75, 3.05) is 33.2 Å².